The van der Waals surface area contributed by atoms with Gasteiger partial charge in [-0.1, -0.05) is 0 Å². The molecule has 0 amide bonds. The summed E-state index contributed by atoms with van der Waals surface area (Å²) in [6, 6.07) is 2.02. The Morgan fingerprint density at radius 3 is 2.13 bits per heavy atom. The van der Waals surface area contributed by atoms with Gasteiger partial charge in [0.15, 0.2) is 5.82 Å². The molecule has 7 heteroatoms. The number of ether oxygens (including phenoxy) is 2. The van der Waals surface area contributed by atoms with Crippen molar-refractivity contribution >= 4 is 15.9 Å². The molecule has 2 rings (SSSR count). The molecule has 0 aliphatic carbocycles. The lowest BCUT2D eigenvalue weighted by Gasteiger charge is -2.23. The first-order chi connectivity index (χ1) is 10.5. The molecule has 0 unspecified atom stereocenters. The Labute approximate surface area is 144 Å². The third-order valence-corrected chi connectivity index (χ3v) is 2.84. The van der Waals surface area contributed by atoms with Gasteiger partial charge < -0.3 is 9.47 Å². The molecule has 0 spiro atoms. The number of hydrogen-bond donors (Lipinski definition) is 0. The molecule has 2 aromatic heterocycles. The van der Waals surface area contributed by atoms with E-state index in [9.17, 15) is 0 Å². The molecule has 0 aromatic carbocycles. The Bertz CT molecular complexity index is 693. The Morgan fingerprint density at radius 2 is 1.57 bits per heavy atom. The summed E-state index contributed by atoms with van der Waals surface area (Å²) in [5, 5.41) is 0. The van der Waals surface area contributed by atoms with Gasteiger partial charge in [0.1, 0.15) is 15.8 Å². The number of nitrogens with zero attached hydrogens (tertiary/aromatic N) is 4. The minimum Gasteiger partial charge on any atom is -0.471 e. The largest absolute Gasteiger partial charge is 0.471 e. The van der Waals surface area contributed by atoms with E-state index in [-0.39, 0.29) is 6.01 Å². The lowest BCUT2D eigenvalue weighted by atomic mass is 10.2. The quantitative estimate of drug-likeness (QED) is 0.747. The molecule has 0 radical (unpaired) electrons. The second-order valence-corrected chi connectivity index (χ2v) is 7.82. The van der Waals surface area contributed by atoms with Crippen molar-refractivity contribution in [3.8, 4) is 23.3 Å². The van der Waals surface area contributed by atoms with E-state index in [1.54, 1.807) is 18.5 Å². The van der Waals surface area contributed by atoms with Crippen LogP contribution < -0.4 is 9.47 Å². The topological polar surface area (TPSA) is 70.0 Å². The molecule has 0 saturated heterocycles. The number of hydrogen-bond acceptors (Lipinski definition) is 6. The zero-order valence-electron chi connectivity index (χ0n) is 14.2. The molecule has 6 nitrogen and oxygen atoms in total. The summed E-state index contributed by atoms with van der Waals surface area (Å²) in [6.45, 7) is 11.7. The lowest BCUT2D eigenvalue weighted by molar-refractivity contribution is 0.103. The maximum Gasteiger partial charge on any atom is 0.320 e. The monoisotopic (exact) mass is 380 g/mol. The summed E-state index contributed by atoms with van der Waals surface area (Å²) in [6.07, 6.45) is 3.28. The second-order valence-electron chi connectivity index (χ2n) is 7.00. The summed E-state index contributed by atoms with van der Waals surface area (Å²) >= 11 is 3.34. The predicted molar refractivity (Wildman–Crippen MR) is 91.5 cm³/mol. The SMILES string of the molecule is CC(C)(C)Oc1ncc(-c2nccc(Br)n2)c(OC(C)(C)C)n1. The fraction of sp³-hybridized carbons (Fsp3) is 0.500. The van der Waals surface area contributed by atoms with Crippen LogP contribution in [0.2, 0.25) is 0 Å². The Kier molecular flexibility index (Phi) is 4.89. The van der Waals surface area contributed by atoms with Crippen LogP contribution in [0.25, 0.3) is 11.4 Å². The van der Waals surface area contributed by atoms with Gasteiger partial charge in [-0.05, 0) is 63.5 Å². The third kappa shape index (κ3) is 5.42. The van der Waals surface area contributed by atoms with Crippen LogP contribution in [-0.4, -0.2) is 31.1 Å². The fourth-order valence-electron chi connectivity index (χ4n) is 1.66. The average Bonchev–Trinajstić information content (AvgIpc) is 2.35. The van der Waals surface area contributed by atoms with Crippen molar-refractivity contribution in [1.29, 1.82) is 0 Å². The van der Waals surface area contributed by atoms with E-state index in [1.807, 2.05) is 41.5 Å². The number of rotatable bonds is 3. The zero-order chi connectivity index (χ0) is 17.3. The summed E-state index contributed by atoms with van der Waals surface area (Å²) in [5.74, 6) is 0.880. The second kappa shape index (κ2) is 6.39. The van der Waals surface area contributed by atoms with Crippen molar-refractivity contribution in [3.05, 3.63) is 23.1 Å². The van der Waals surface area contributed by atoms with Crippen LogP contribution in [0.5, 0.6) is 11.9 Å². The van der Waals surface area contributed by atoms with Gasteiger partial charge in [0.2, 0.25) is 5.88 Å². The molecular weight excluding hydrogens is 360 g/mol. The van der Waals surface area contributed by atoms with Crippen molar-refractivity contribution in [2.45, 2.75) is 52.7 Å². The van der Waals surface area contributed by atoms with Crippen molar-refractivity contribution < 1.29 is 9.47 Å². The van der Waals surface area contributed by atoms with Gasteiger partial charge in [-0.15, -0.1) is 0 Å². The van der Waals surface area contributed by atoms with E-state index >= 15 is 0 Å². The summed E-state index contributed by atoms with van der Waals surface area (Å²) in [5.41, 5.74) is -0.205. The van der Waals surface area contributed by atoms with Gasteiger partial charge >= 0.3 is 6.01 Å². The third-order valence-electron chi connectivity index (χ3n) is 2.39. The number of aromatic nitrogens is 4. The van der Waals surface area contributed by atoms with E-state index < -0.39 is 11.2 Å². The summed E-state index contributed by atoms with van der Waals surface area (Å²) in [4.78, 5) is 17.3. The van der Waals surface area contributed by atoms with E-state index in [2.05, 4.69) is 35.9 Å². The molecule has 0 saturated carbocycles. The minimum absolute atomic E-state index is 0.260. The molecule has 0 atom stereocenters. The molecule has 2 heterocycles. The molecule has 0 fully saturated rings. The minimum atomic E-state index is -0.423. The molecular formula is C16H21BrN4O2. The first-order valence-corrected chi connectivity index (χ1v) is 8.07. The zero-order valence-corrected chi connectivity index (χ0v) is 15.8. The van der Waals surface area contributed by atoms with Crippen molar-refractivity contribution in [2.24, 2.45) is 0 Å². The van der Waals surface area contributed by atoms with Crippen LogP contribution in [0.3, 0.4) is 0 Å². The van der Waals surface area contributed by atoms with Crippen molar-refractivity contribution in [1.82, 2.24) is 19.9 Å². The highest BCUT2D eigenvalue weighted by atomic mass is 79.9. The Hall–Kier alpha value is -1.76. The molecule has 23 heavy (non-hydrogen) atoms. The van der Waals surface area contributed by atoms with E-state index in [4.69, 9.17) is 9.47 Å². The Morgan fingerprint density at radius 1 is 0.913 bits per heavy atom. The summed E-state index contributed by atoms with van der Waals surface area (Å²) < 4.78 is 12.4. The maximum absolute atomic E-state index is 5.96. The van der Waals surface area contributed by atoms with Crippen LogP contribution in [0.15, 0.2) is 23.1 Å². The first kappa shape index (κ1) is 17.6. The predicted octanol–water partition coefficient (Wildman–Crippen LogP) is 4.05. The van der Waals surface area contributed by atoms with Crippen molar-refractivity contribution in [3.63, 3.8) is 0 Å². The highest BCUT2D eigenvalue weighted by Gasteiger charge is 2.22. The van der Waals surface area contributed by atoms with Crippen LogP contribution in [0.1, 0.15) is 41.5 Å². The smallest absolute Gasteiger partial charge is 0.320 e. The highest BCUT2D eigenvalue weighted by molar-refractivity contribution is 9.10. The first-order valence-electron chi connectivity index (χ1n) is 7.27. The van der Waals surface area contributed by atoms with Crippen LogP contribution >= 0.6 is 15.9 Å². The molecule has 124 valence electrons. The van der Waals surface area contributed by atoms with Gasteiger partial charge in [0, 0.05) is 12.4 Å². The van der Waals surface area contributed by atoms with Gasteiger partial charge in [-0.3, -0.25) is 0 Å². The Balaban J connectivity index is 2.48. The normalized spacial score (nSPS) is 12.1. The fourth-order valence-corrected chi connectivity index (χ4v) is 1.95. The van der Waals surface area contributed by atoms with Crippen LogP contribution in [0.4, 0.5) is 0 Å². The standard InChI is InChI=1S/C16H21BrN4O2/c1-15(2,3)22-13-10(12-18-8-7-11(17)20-12)9-19-14(21-13)23-16(4,5)6/h7-9H,1-6H3. The summed E-state index contributed by atoms with van der Waals surface area (Å²) in [7, 11) is 0. The van der Waals surface area contributed by atoms with E-state index in [0.29, 0.717) is 21.9 Å². The molecule has 0 aliphatic heterocycles. The van der Waals surface area contributed by atoms with Gasteiger partial charge in [0.25, 0.3) is 0 Å². The molecule has 2 aromatic rings. The van der Waals surface area contributed by atoms with Gasteiger partial charge in [-0.2, -0.15) is 4.98 Å². The maximum atomic E-state index is 5.96. The van der Waals surface area contributed by atoms with Crippen LogP contribution in [-0.2, 0) is 0 Å². The highest BCUT2D eigenvalue weighted by Crippen LogP contribution is 2.30. The molecule has 0 N–H and O–H groups in total. The average molecular weight is 381 g/mol. The van der Waals surface area contributed by atoms with Gasteiger partial charge in [-0.25, -0.2) is 15.0 Å². The van der Waals surface area contributed by atoms with E-state index in [1.165, 1.54) is 0 Å². The van der Waals surface area contributed by atoms with Crippen LogP contribution in [0, 0.1) is 0 Å². The lowest BCUT2D eigenvalue weighted by Crippen LogP contribution is -2.26. The molecule has 0 aliphatic rings. The molecule has 0 bridgehead atoms. The van der Waals surface area contributed by atoms with Crippen molar-refractivity contribution in [2.75, 3.05) is 0 Å². The number of halogens is 1. The van der Waals surface area contributed by atoms with Gasteiger partial charge in [0.05, 0.1) is 5.56 Å². The van der Waals surface area contributed by atoms with E-state index in [0.717, 1.165) is 0 Å².